The first-order valence-corrected chi connectivity index (χ1v) is 6.35. The molecule has 0 spiro atoms. The van der Waals surface area contributed by atoms with Crippen LogP contribution in [0.15, 0.2) is 24.3 Å². The van der Waals surface area contributed by atoms with Gasteiger partial charge in [0, 0.05) is 10.6 Å². The Morgan fingerprint density at radius 1 is 1.31 bits per heavy atom. The van der Waals surface area contributed by atoms with Gasteiger partial charge in [0.2, 0.25) is 0 Å². The molecule has 0 aliphatic carbocycles. The van der Waals surface area contributed by atoms with E-state index in [2.05, 4.69) is 38.2 Å². The zero-order valence-corrected chi connectivity index (χ0v) is 11.1. The summed E-state index contributed by atoms with van der Waals surface area (Å²) in [6.45, 7) is 7.99. The molecule has 0 radical (unpaired) electrons. The lowest BCUT2D eigenvalue weighted by Gasteiger charge is -2.43. The molecule has 88 valence electrons. The Kier molecular flexibility index (Phi) is 3.02. The highest BCUT2D eigenvalue weighted by atomic mass is 35.5. The lowest BCUT2D eigenvalue weighted by Crippen LogP contribution is -2.47. The van der Waals surface area contributed by atoms with Crippen LogP contribution in [0.3, 0.4) is 0 Å². The molecule has 0 amide bonds. The standard InChI is InChI=1S/C14H20ClN/c1-13(2,3)14(8-5-9-16-14)11-6-4-7-12(15)10-11/h4,6-7,10,16H,5,8-9H2,1-3H3. The fourth-order valence-corrected chi connectivity index (χ4v) is 3.01. The van der Waals surface area contributed by atoms with Crippen molar-refractivity contribution in [2.24, 2.45) is 5.41 Å². The summed E-state index contributed by atoms with van der Waals surface area (Å²) in [6, 6.07) is 8.28. The van der Waals surface area contributed by atoms with E-state index in [0.29, 0.717) is 0 Å². The third-order valence-electron chi connectivity index (χ3n) is 3.75. The van der Waals surface area contributed by atoms with Gasteiger partial charge in [-0.15, -0.1) is 0 Å². The van der Waals surface area contributed by atoms with Gasteiger partial charge >= 0.3 is 0 Å². The van der Waals surface area contributed by atoms with Gasteiger partial charge in [-0.1, -0.05) is 44.5 Å². The molecule has 1 N–H and O–H groups in total. The van der Waals surface area contributed by atoms with Crippen molar-refractivity contribution in [3.05, 3.63) is 34.9 Å². The lowest BCUT2D eigenvalue weighted by molar-refractivity contribution is 0.161. The van der Waals surface area contributed by atoms with Gasteiger partial charge < -0.3 is 5.32 Å². The molecule has 0 saturated carbocycles. The summed E-state index contributed by atoms with van der Waals surface area (Å²) in [7, 11) is 0. The van der Waals surface area contributed by atoms with Crippen LogP contribution in [0.1, 0.15) is 39.2 Å². The molecular formula is C14H20ClN. The number of rotatable bonds is 1. The van der Waals surface area contributed by atoms with E-state index in [1.807, 2.05) is 12.1 Å². The normalized spacial score (nSPS) is 26.0. The zero-order chi connectivity index (χ0) is 11.8. The van der Waals surface area contributed by atoms with E-state index >= 15 is 0 Å². The largest absolute Gasteiger partial charge is 0.307 e. The van der Waals surface area contributed by atoms with E-state index < -0.39 is 0 Å². The predicted octanol–water partition coefficient (Wildman–Crippen LogP) is 3.96. The van der Waals surface area contributed by atoms with Crippen LogP contribution < -0.4 is 5.32 Å². The molecule has 1 saturated heterocycles. The van der Waals surface area contributed by atoms with Gasteiger partial charge in [0.05, 0.1) is 0 Å². The number of nitrogens with one attached hydrogen (secondary N) is 1. The molecule has 1 atom stereocenters. The molecule has 1 heterocycles. The van der Waals surface area contributed by atoms with E-state index in [4.69, 9.17) is 11.6 Å². The molecular weight excluding hydrogens is 218 g/mol. The van der Waals surface area contributed by atoms with Gasteiger partial charge in [0.15, 0.2) is 0 Å². The molecule has 1 aromatic carbocycles. The van der Waals surface area contributed by atoms with E-state index in [1.165, 1.54) is 18.4 Å². The second-order valence-electron chi connectivity index (χ2n) is 5.70. The number of hydrogen-bond acceptors (Lipinski definition) is 1. The Labute approximate surface area is 103 Å². The Morgan fingerprint density at radius 2 is 2.06 bits per heavy atom. The monoisotopic (exact) mass is 237 g/mol. The molecule has 1 aromatic rings. The third-order valence-corrected chi connectivity index (χ3v) is 3.99. The van der Waals surface area contributed by atoms with Crippen LogP contribution in [0.5, 0.6) is 0 Å². The average molecular weight is 238 g/mol. The summed E-state index contributed by atoms with van der Waals surface area (Å²) in [5, 5.41) is 4.52. The Morgan fingerprint density at radius 3 is 2.56 bits per heavy atom. The van der Waals surface area contributed by atoms with Crippen LogP contribution in [0.25, 0.3) is 0 Å². The summed E-state index contributed by atoms with van der Waals surface area (Å²) in [4.78, 5) is 0. The average Bonchev–Trinajstić information content (AvgIpc) is 2.66. The summed E-state index contributed by atoms with van der Waals surface area (Å²) < 4.78 is 0. The quantitative estimate of drug-likeness (QED) is 0.780. The van der Waals surface area contributed by atoms with E-state index in [0.717, 1.165) is 11.6 Å². The maximum absolute atomic E-state index is 6.11. The van der Waals surface area contributed by atoms with E-state index in [1.54, 1.807) is 0 Å². The van der Waals surface area contributed by atoms with Crippen LogP contribution in [-0.4, -0.2) is 6.54 Å². The fourth-order valence-electron chi connectivity index (χ4n) is 2.82. The maximum Gasteiger partial charge on any atom is 0.0484 e. The molecule has 16 heavy (non-hydrogen) atoms. The van der Waals surface area contributed by atoms with Crippen molar-refractivity contribution in [2.75, 3.05) is 6.54 Å². The number of hydrogen-bond donors (Lipinski definition) is 1. The molecule has 1 aliphatic rings. The maximum atomic E-state index is 6.11. The van der Waals surface area contributed by atoms with Crippen molar-refractivity contribution in [3.63, 3.8) is 0 Å². The topological polar surface area (TPSA) is 12.0 Å². The van der Waals surface area contributed by atoms with Crippen molar-refractivity contribution < 1.29 is 0 Å². The first-order chi connectivity index (χ1) is 7.46. The highest BCUT2D eigenvalue weighted by Gasteiger charge is 2.45. The number of benzene rings is 1. The van der Waals surface area contributed by atoms with Crippen molar-refractivity contribution in [1.82, 2.24) is 5.32 Å². The predicted molar refractivity (Wildman–Crippen MR) is 69.8 cm³/mol. The minimum Gasteiger partial charge on any atom is -0.307 e. The SMILES string of the molecule is CC(C)(C)C1(c2cccc(Cl)c2)CCCN1. The van der Waals surface area contributed by atoms with Crippen molar-refractivity contribution in [3.8, 4) is 0 Å². The molecule has 0 bridgehead atoms. The highest BCUT2D eigenvalue weighted by Crippen LogP contribution is 2.45. The minimum atomic E-state index is 0.0812. The van der Waals surface area contributed by atoms with Crippen LogP contribution in [0.4, 0.5) is 0 Å². The minimum absolute atomic E-state index is 0.0812. The molecule has 1 nitrogen and oxygen atoms in total. The number of halogens is 1. The molecule has 2 heteroatoms. The van der Waals surface area contributed by atoms with Crippen molar-refractivity contribution >= 4 is 11.6 Å². The Hall–Kier alpha value is -0.530. The fraction of sp³-hybridized carbons (Fsp3) is 0.571. The summed E-state index contributed by atoms with van der Waals surface area (Å²) in [5.41, 5.74) is 1.61. The molecule has 1 fully saturated rings. The second kappa shape index (κ2) is 4.05. The Balaban J connectivity index is 2.48. The second-order valence-corrected chi connectivity index (χ2v) is 6.13. The van der Waals surface area contributed by atoms with Gasteiger partial charge in [-0.25, -0.2) is 0 Å². The van der Waals surface area contributed by atoms with Gasteiger partial charge in [0.25, 0.3) is 0 Å². The third kappa shape index (κ3) is 1.87. The van der Waals surface area contributed by atoms with Gasteiger partial charge in [-0.05, 0) is 42.5 Å². The summed E-state index contributed by atoms with van der Waals surface area (Å²) >= 11 is 6.11. The molecule has 1 unspecified atom stereocenters. The van der Waals surface area contributed by atoms with E-state index in [-0.39, 0.29) is 11.0 Å². The van der Waals surface area contributed by atoms with Crippen LogP contribution >= 0.6 is 11.6 Å². The first kappa shape index (κ1) is 11.9. The highest BCUT2D eigenvalue weighted by molar-refractivity contribution is 6.30. The van der Waals surface area contributed by atoms with Gasteiger partial charge in [-0.2, -0.15) is 0 Å². The molecule has 2 rings (SSSR count). The van der Waals surface area contributed by atoms with Gasteiger partial charge in [-0.3, -0.25) is 0 Å². The summed E-state index contributed by atoms with van der Waals surface area (Å²) in [6.07, 6.45) is 2.43. The van der Waals surface area contributed by atoms with Gasteiger partial charge in [0.1, 0.15) is 0 Å². The molecule has 1 aliphatic heterocycles. The van der Waals surface area contributed by atoms with Crippen LogP contribution in [0.2, 0.25) is 5.02 Å². The van der Waals surface area contributed by atoms with E-state index in [9.17, 15) is 0 Å². The van der Waals surface area contributed by atoms with Crippen LogP contribution in [0, 0.1) is 5.41 Å². The smallest absolute Gasteiger partial charge is 0.0484 e. The lowest BCUT2D eigenvalue weighted by atomic mass is 9.68. The first-order valence-electron chi connectivity index (χ1n) is 5.97. The van der Waals surface area contributed by atoms with Crippen LogP contribution in [-0.2, 0) is 5.54 Å². The van der Waals surface area contributed by atoms with Crippen molar-refractivity contribution in [1.29, 1.82) is 0 Å². The zero-order valence-electron chi connectivity index (χ0n) is 10.3. The summed E-state index contributed by atoms with van der Waals surface area (Å²) in [5.74, 6) is 0. The molecule has 0 aromatic heterocycles. The Bertz CT molecular complexity index is 373. The van der Waals surface area contributed by atoms with Crippen molar-refractivity contribution in [2.45, 2.75) is 39.2 Å².